The van der Waals surface area contributed by atoms with E-state index in [4.69, 9.17) is 0 Å². The molecule has 0 radical (unpaired) electrons. The summed E-state index contributed by atoms with van der Waals surface area (Å²) in [5, 5.41) is 3.55. The van der Waals surface area contributed by atoms with Gasteiger partial charge in [0.2, 0.25) is 0 Å². The fraction of sp³-hybridized carbons (Fsp3) is 0.647. The summed E-state index contributed by atoms with van der Waals surface area (Å²) in [5.74, 6) is 0.867. The van der Waals surface area contributed by atoms with Crippen LogP contribution in [0.15, 0.2) is 22.7 Å². The number of halogens is 1. The lowest BCUT2D eigenvalue weighted by molar-refractivity contribution is 0.568. The number of nitrogens with one attached hydrogen (secondary N) is 1. The van der Waals surface area contributed by atoms with Gasteiger partial charge in [-0.05, 0) is 65.9 Å². The first-order chi connectivity index (χ1) is 9.65. The maximum atomic E-state index is 3.77. The second kappa shape index (κ2) is 7.46. The van der Waals surface area contributed by atoms with Gasteiger partial charge >= 0.3 is 0 Å². The number of hydrogen-bond acceptors (Lipinski definition) is 2. The highest BCUT2D eigenvalue weighted by Crippen LogP contribution is 2.33. The maximum absolute atomic E-state index is 3.77. The number of anilines is 1. The predicted molar refractivity (Wildman–Crippen MR) is 91.5 cm³/mol. The number of hydrogen-bond donors (Lipinski definition) is 1. The topological polar surface area (TPSA) is 15.3 Å². The van der Waals surface area contributed by atoms with Crippen molar-refractivity contribution < 1.29 is 0 Å². The zero-order valence-electron chi connectivity index (χ0n) is 13.0. The molecule has 0 aromatic heterocycles. The molecule has 0 aliphatic carbocycles. The van der Waals surface area contributed by atoms with E-state index in [9.17, 15) is 0 Å². The van der Waals surface area contributed by atoms with Gasteiger partial charge in [-0.1, -0.05) is 26.3 Å². The molecule has 1 aliphatic heterocycles. The minimum Gasteiger partial charge on any atom is -0.370 e. The monoisotopic (exact) mass is 338 g/mol. The highest BCUT2D eigenvalue weighted by atomic mass is 79.9. The van der Waals surface area contributed by atoms with Crippen LogP contribution >= 0.6 is 15.9 Å². The quantitative estimate of drug-likeness (QED) is 0.805. The van der Waals surface area contributed by atoms with E-state index in [0.29, 0.717) is 6.04 Å². The molecule has 2 atom stereocenters. The van der Waals surface area contributed by atoms with Crippen LogP contribution in [-0.4, -0.2) is 19.6 Å². The van der Waals surface area contributed by atoms with Crippen molar-refractivity contribution in [3.8, 4) is 0 Å². The minimum atomic E-state index is 0.419. The summed E-state index contributed by atoms with van der Waals surface area (Å²) in [6.07, 6.45) is 3.80. The Balaban J connectivity index is 2.06. The average Bonchev–Trinajstić information content (AvgIpc) is 2.93. The Morgan fingerprint density at radius 1 is 1.40 bits per heavy atom. The first kappa shape index (κ1) is 15.8. The van der Waals surface area contributed by atoms with Crippen LogP contribution in [0, 0.1) is 5.92 Å². The number of rotatable bonds is 6. The van der Waals surface area contributed by atoms with Gasteiger partial charge in [-0.2, -0.15) is 0 Å². The van der Waals surface area contributed by atoms with Crippen molar-refractivity contribution in [2.75, 3.05) is 24.5 Å². The smallest absolute Gasteiger partial charge is 0.0510 e. The first-order valence-corrected chi connectivity index (χ1v) is 8.72. The summed E-state index contributed by atoms with van der Waals surface area (Å²) in [6, 6.07) is 7.25. The van der Waals surface area contributed by atoms with Crippen LogP contribution in [0.25, 0.3) is 0 Å². The van der Waals surface area contributed by atoms with Crippen LogP contribution in [0.5, 0.6) is 0 Å². The molecule has 1 saturated heterocycles. The van der Waals surface area contributed by atoms with Crippen LogP contribution in [0.1, 0.15) is 51.6 Å². The fourth-order valence-corrected chi connectivity index (χ4v) is 3.56. The molecule has 0 spiro atoms. The van der Waals surface area contributed by atoms with Crippen LogP contribution in [0.2, 0.25) is 0 Å². The van der Waals surface area contributed by atoms with Crippen molar-refractivity contribution in [3.05, 3.63) is 28.2 Å². The van der Waals surface area contributed by atoms with Crippen molar-refractivity contribution >= 4 is 21.6 Å². The van der Waals surface area contributed by atoms with Crippen LogP contribution in [-0.2, 0) is 0 Å². The molecule has 1 fully saturated rings. The van der Waals surface area contributed by atoms with Gasteiger partial charge in [0.1, 0.15) is 0 Å². The zero-order chi connectivity index (χ0) is 14.5. The standard InChI is InChI=1S/C17H27BrN2/c1-4-9-19-13(3)15-6-7-17(16(18)11-15)20-10-8-14(5-2)12-20/h6-7,11,13-14,19H,4-5,8-10,12H2,1-3H3. The van der Waals surface area contributed by atoms with Crippen LogP contribution in [0.3, 0.4) is 0 Å². The van der Waals surface area contributed by atoms with Gasteiger partial charge in [0.05, 0.1) is 5.69 Å². The second-order valence-electron chi connectivity index (χ2n) is 5.90. The molecule has 3 heteroatoms. The molecule has 0 saturated carbocycles. The molecule has 1 aromatic carbocycles. The lowest BCUT2D eigenvalue weighted by Crippen LogP contribution is -2.21. The summed E-state index contributed by atoms with van der Waals surface area (Å²) < 4.78 is 1.23. The molecular weight excluding hydrogens is 312 g/mol. The molecule has 20 heavy (non-hydrogen) atoms. The van der Waals surface area contributed by atoms with Gasteiger partial charge in [0, 0.05) is 23.6 Å². The molecule has 0 amide bonds. The molecule has 2 nitrogen and oxygen atoms in total. The minimum absolute atomic E-state index is 0.419. The summed E-state index contributed by atoms with van der Waals surface area (Å²) in [4.78, 5) is 2.52. The van der Waals surface area contributed by atoms with Gasteiger partial charge in [-0.15, -0.1) is 0 Å². The van der Waals surface area contributed by atoms with E-state index < -0.39 is 0 Å². The van der Waals surface area contributed by atoms with Crippen molar-refractivity contribution in [2.45, 2.75) is 46.1 Å². The first-order valence-electron chi connectivity index (χ1n) is 7.93. The number of benzene rings is 1. The lowest BCUT2D eigenvalue weighted by Gasteiger charge is -2.22. The lowest BCUT2D eigenvalue weighted by atomic mass is 10.1. The van der Waals surface area contributed by atoms with E-state index >= 15 is 0 Å². The van der Waals surface area contributed by atoms with E-state index in [1.165, 1.54) is 48.1 Å². The molecule has 112 valence electrons. The molecule has 1 N–H and O–H groups in total. The highest BCUT2D eigenvalue weighted by molar-refractivity contribution is 9.10. The van der Waals surface area contributed by atoms with Gasteiger partial charge in [0.15, 0.2) is 0 Å². The summed E-state index contributed by atoms with van der Waals surface area (Å²) in [6.45, 7) is 10.2. The predicted octanol–water partition coefficient (Wildman–Crippen LogP) is 4.75. The van der Waals surface area contributed by atoms with Gasteiger partial charge in [-0.25, -0.2) is 0 Å². The van der Waals surface area contributed by atoms with Crippen molar-refractivity contribution in [2.24, 2.45) is 5.92 Å². The summed E-state index contributed by atoms with van der Waals surface area (Å²) in [5.41, 5.74) is 2.72. The Labute approximate surface area is 132 Å². The molecule has 0 bridgehead atoms. The summed E-state index contributed by atoms with van der Waals surface area (Å²) in [7, 11) is 0. The largest absolute Gasteiger partial charge is 0.370 e. The second-order valence-corrected chi connectivity index (χ2v) is 6.75. The molecule has 2 rings (SSSR count). The van der Waals surface area contributed by atoms with E-state index in [1.807, 2.05) is 0 Å². The van der Waals surface area contributed by atoms with Gasteiger partial charge in [-0.3, -0.25) is 0 Å². The Morgan fingerprint density at radius 2 is 2.20 bits per heavy atom. The third-order valence-electron chi connectivity index (χ3n) is 4.38. The van der Waals surface area contributed by atoms with Crippen LogP contribution in [0.4, 0.5) is 5.69 Å². The van der Waals surface area contributed by atoms with E-state index in [0.717, 1.165) is 12.5 Å². The summed E-state index contributed by atoms with van der Waals surface area (Å²) >= 11 is 3.77. The maximum Gasteiger partial charge on any atom is 0.0510 e. The van der Waals surface area contributed by atoms with E-state index in [2.05, 4.69) is 65.1 Å². The van der Waals surface area contributed by atoms with Gasteiger partial charge in [0.25, 0.3) is 0 Å². The Kier molecular flexibility index (Phi) is 5.91. The highest BCUT2D eigenvalue weighted by Gasteiger charge is 2.22. The Hall–Kier alpha value is -0.540. The molecular formula is C17H27BrN2. The zero-order valence-corrected chi connectivity index (χ0v) is 14.5. The van der Waals surface area contributed by atoms with Crippen LogP contribution < -0.4 is 10.2 Å². The number of nitrogens with zero attached hydrogens (tertiary/aromatic N) is 1. The molecule has 1 aromatic rings. The third kappa shape index (κ3) is 3.76. The molecule has 1 heterocycles. The van der Waals surface area contributed by atoms with E-state index in [1.54, 1.807) is 0 Å². The molecule has 2 unspecified atom stereocenters. The van der Waals surface area contributed by atoms with Crippen molar-refractivity contribution in [1.82, 2.24) is 5.32 Å². The fourth-order valence-electron chi connectivity index (χ4n) is 2.91. The van der Waals surface area contributed by atoms with E-state index in [-0.39, 0.29) is 0 Å². The third-order valence-corrected chi connectivity index (χ3v) is 5.01. The normalized spacial score (nSPS) is 20.4. The Morgan fingerprint density at radius 3 is 2.80 bits per heavy atom. The van der Waals surface area contributed by atoms with Crippen molar-refractivity contribution in [3.63, 3.8) is 0 Å². The van der Waals surface area contributed by atoms with Gasteiger partial charge < -0.3 is 10.2 Å². The molecule has 1 aliphatic rings. The van der Waals surface area contributed by atoms with Crippen molar-refractivity contribution in [1.29, 1.82) is 0 Å². The Bertz CT molecular complexity index is 433. The average molecular weight is 339 g/mol. The SMILES string of the molecule is CCCNC(C)c1ccc(N2CCC(CC)C2)c(Br)c1.